The summed E-state index contributed by atoms with van der Waals surface area (Å²) in [6.45, 7) is 1.94. The molecular formula is C9H9ClN2O. The second-order valence-corrected chi connectivity index (χ2v) is 3.49. The van der Waals surface area contributed by atoms with E-state index >= 15 is 0 Å². The van der Waals surface area contributed by atoms with Crippen molar-refractivity contribution in [3.8, 4) is 0 Å². The number of hydrogen-bond donors (Lipinski definition) is 2. The molecule has 0 radical (unpaired) electrons. The average molecular weight is 197 g/mol. The predicted molar refractivity (Wildman–Crippen MR) is 52.0 cm³/mol. The zero-order valence-corrected chi connectivity index (χ0v) is 7.85. The third kappa shape index (κ3) is 1.47. The Bertz CT molecular complexity index is 365. The van der Waals surface area contributed by atoms with Crippen LogP contribution in [0, 0.1) is 0 Å². The highest BCUT2D eigenvalue weighted by molar-refractivity contribution is 6.31. The SMILES string of the molecule is CC1NC(=O)Nc2cc(Cl)ccc21. The average Bonchev–Trinajstić information content (AvgIpc) is 2.02. The van der Waals surface area contributed by atoms with E-state index in [1.807, 2.05) is 19.1 Å². The van der Waals surface area contributed by atoms with Crippen LogP contribution >= 0.6 is 11.6 Å². The number of hydrogen-bond acceptors (Lipinski definition) is 1. The molecule has 2 amide bonds. The molecule has 1 aliphatic rings. The van der Waals surface area contributed by atoms with Crippen molar-refractivity contribution in [1.82, 2.24) is 5.32 Å². The standard InChI is InChI=1S/C9H9ClN2O/c1-5-7-3-2-6(10)4-8(7)12-9(13)11-5/h2-5H,1H3,(H2,11,12,13). The number of urea groups is 1. The summed E-state index contributed by atoms with van der Waals surface area (Å²) >= 11 is 5.80. The first-order valence-electron chi connectivity index (χ1n) is 4.04. The van der Waals surface area contributed by atoms with Crippen molar-refractivity contribution in [3.63, 3.8) is 0 Å². The largest absolute Gasteiger partial charge is 0.331 e. The van der Waals surface area contributed by atoms with E-state index in [1.165, 1.54) is 0 Å². The van der Waals surface area contributed by atoms with Crippen molar-refractivity contribution in [2.75, 3.05) is 5.32 Å². The van der Waals surface area contributed by atoms with Crippen molar-refractivity contribution in [3.05, 3.63) is 28.8 Å². The molecule has 0 bridgehead atoms. The van der Waals surface area contributed by atoms with E-state index in [1.54, 1.807) is 6.07 Å². The molecular weight excluding hydrogens is 188 g/mol. The van der Waals surface area contributed by atoms with Gasteiger partial charge in [-0.05, 0) is 24.6 Å². The van der Waals surface area contributed by atoms with Crippen LogP contribution in [0.2, 0.25) is 5.02 Å². The minimum atomic E-state index is -0.178. The van der Waals surface area contributed by atoms with Crippen molar-refractivity contribution in [2.24, 2.45) is 0 Å². The molecule has 68 valence electrons. The molecule has 1 unspecified atom stereocenters. The maximum Gasteiger partial charge on any atom is 0.319 e. The van der Waals surface area contributed by atoms with E-state index in [9.17, 15) is 4.79 Å². The van der Waals surface area contributed by atoms with Crippen LogP contribution in [-0.4, -0.2) is 6.03 Å². The van der Waals surface area contributed by atoms with Gasteiger partial charge in [0.05, 0.1) is 6.04 Å². The first-order valence-corrected chi connectivity index (χ1v) is 4.41. The highest BCUT2D eigenvalue weighted by atomic mass is 35.5. The number of benzene rings is 1. The van der Waals surface area contributed by atoms with Crippen LogP contribution in [0.3, 0.4) is 0 Å². The molecule has 3 nitrogen and oxygen atoms in total. The maximum atomic E-state index is 11.1. The Labute approximate surface area is 81.1 Å². The highest BCUT2D eigenvalue weighted by Crippen LogP contribution is 2.28. The summed E-state index contributed by atoms with van der Waals surface area (Å²) in [4.78, 5) is 11.1. The fourth-order valence-electron chi connectivity index (χ4n) is 1.45. The molecule has 1 aromatic rings. The van der Waals surface area contributed by atoms with Crippen molar-refractivity contribution >= 4 is 23.3 Å². The van der Waals surface area contributed by atoms with Crippen molar-refractivity contribution in [2.45, 2.75) is 13.0 Å². The summed E-state index contributed by atoms with van der Waals surface area (Å²) in [5.74, 6) is 0. The van der Waals surface area contributed by atoms with Gasteiger partial charge in [-0.15, -0.1) is 0 Å². The van der Waals surface area contributed by atoms with E-state index in [-0.39, 0.29) is 12.1 Å². The summed E-state index contributed by atoms with van der Waals surface area (Å²) in [5, 5.41) is 6.09. The minimum absolute atomic E-state index is 0.0426. The Balaban J connectivity index is 2.49. The fraction of sp³-hybridized carbons (Fsp3) is 0.222. The molecule has 0 fully saturated rings. The van der Waals surface area contributed by atoms with Crippen molar-refractivity contribution in [1.29, 1.82) is 0 Å². The lowest BCUT2D eigenvalue weighted by atomic mass is 10.0. The summed E-state index contributed by atoms with van der Waals surface area (Å²) in [7, 11) is 0. The molecule has 1 heterocycles. The van der Waals surface area contributed by atoms with Crippen LogP contribution in [0.4, 0.5) is 10.5 Å². The molecule has 1 atom stereocenters. The van der Waals surface area contributed by atoms with Gasteiger partial charge in [-0.1, -0.05) is 17.7 Å². The van der Waals surface area contributed by atoms with Gasteiger partial charge in [0.2, 0.25) is 0 Å². The monoisotopic (exact) mass is 196 g/mol. The molecule has 13 heavy (non-hydrogen) atoms. The molecule has 0 spiro atoms. The number of nitrogens with one attached hydrogen (secondary N) is 2. The summed E-state index contributed by atoms with van der Waals surface area (Å²) in [5.41, 5.74) is 1.85. The number of carbonyl (C=O) groups excluding carboxylic acids is 1. The predicted octanol–water partition coefficient (Wildman–Crippen LogP) is 2.54. The Morgan fingerprint density at radius 1 is 1.46 bits per heavy atom. The molecule has 1 aliphatic heterocycles. The number of carbonyl (C=O) groups is 1. The van der Waals surface area contributed by atoms with Crippen LogP contribution in [0.25, 0.3) is 0 Å². The zero-order chi connectivity index (χ0) is 9.42. The fourth-order valence-corrected chi connectivity index (χ4v) is 1.62. The third-order valence-corrected chi connectivity index (χ3v) is 2.31. The van der Waals surface area contributed by atoms with Gasteiger partial charge < -0.3 is 10.6 Å². The molecule has 2 N–H and O–H groups in total. The molecule has 2 rings (SSSR count). The van der Waals surface area contributed by atoms with Gasteiger partial charge in [-0.25, -0.2) is 4.79 Å². The van der Waals surface area contributed by atoms with E-state index in [0.717, 1.165) is 11.3 Å². The number of rotatable bonds is 0. The normalized spacial score (nSPS) is 20.2. The van der Waals surface area contributed by atoms with E-state index < -0.39 is 0 Å². The second-order valence-electron chi connectivity index (χ2n) is 3.05. The lowest BCUT2D eigenvalue weighted by Crippen LogP contribution is -2.36. The van der Waals surface area contributed by atoms with Gasteiger partial charge in [0.25, 0.3) is 0 Å². The molecule has 0 saturated heterocycles. The topological polar surface area (TPSA) is 41.1 Å². The van der Waals surface area contributed by atoms with Crippen LogP contribution in [-0.2, 0) is 0 Å². The van der Waals surface area contributed by atoms with Gasteiger partial charge in [0.1, 0.15) is 0 Å². The Hall–Kier alpha value is -1.22. The van der Waals surface area contributed by atoms with Gasteiger partial charge in [-0.3, -0.25) is 0 Å². The zero-order valence-electron chi connectivity index (χ0n) is 7.10. The first kappa shape index (κ1) is 8.38. The van der Waals surface area contributed by atoms with Crippen molar-refractivity contribution < 1.29 is 4.79 Å². The molecule has 0 aliphatic carbocycles. The smallest absolute Gasteiger partial charge is 0.319 e. The third-order valence-electron chi connectivity index (χ3n) is 2.08. The Morgan fingerprint density at radius 3 is 3.00 bits per heavy atom. The second kappa shape index (κ2) is 2.92. The number of amides is 2. The summed E-state index contributed by atoms with van der Waals surface area (Å²) in [6.07, 6.45) is 0. The number of fused-ring (bicyclic) bond motifs is 1. The highest BCUT2D eigenvalue weighted by Gasteiger charge is 2.19. The van der Waals surface area contributed by atoms with Gasteiger partial charge >= 0.3 is 6.03 Å². The quantitative estimate of drug-likeness (QED) is 0.658. The maximum absolute atomic E-state index is 11.1. The van der Waals surface area contributed by atoms with Crippen LogP contribution in [0.15, 0.2) is 18.2 Å². The van der Waals surface area contributed by atoms with Gasteiger partial charge in [-0.2, -0.15) is 0 Å². The Kier molecular flexibility index (Phi) is 1.88. The number of anilines is 1. The lowest BCUT2D eigenvalue weighted by Gasteiger charge is -2.24. The molecule has 0 aromatic heterocycles. The lowest BCUT2D eigenvalue weighted by molar-refractivity contribution is 0.248. The van der Waals surface area contributed by atoms with Crippen LogP contribution < -0.4 is 10.6 Å². The number of halogens is 1. The first-order chi connectivity index (χ1) is 6.16. The molecule has 4 heteroatoms. The van der Waals surface area contributed by atoms with E-state index in [0.29, 0.717) is 5.02 Å². The van der Waals surface area contributed by atoms with Gasteiger partial charge in [0.15, 0.2) is 0 Å². The molecule has 0 saturated carbocycles. The summed E-state index contributed by atoms with van der Waals surface area (Å²) < 4.78 is 0. The van der Waals surface area contributed by atoms with E-state index in [2.05, 4.69) is 10.6 Å². The van der Waals surface area contributed by atoms with Crippen LogP contribution in [0.1, 0.15) is 18.5 Å². The minimum Gasteiger partial charge on any atom is -0.331 e. The molecule has 1 aromatic carbocycles. The van der Waals surface area contributed by atoms with Gasteiger partial charge in [0, 0.05) is 10.7 Å². The Morgan fingerprint density at radius 2 is 2.23 bits per heavy atom. The van der Waals surface area contributed by atoms with E-state index in [4.69, 9.17) is 11.6 Å². The summed E-state index contributed by atoms with van der Waals surface area (Å²) in [6, 6.07) is 5.35. The van der Waals surface area contributed by atoms with Crippen LogP contribution in [0.5, 0.6) is 0 Å².